The molecule has 2 N–H and O–H groups in total. The summed E-state index contributed by atoms with van der Waals surface area (Å²) in [5.41, 5.74) is 8.75. The van der Waals surface area contributed by atoms with Crippen LogP contribution in [0.1, 0.15) is 20.8 Å². The maximum absolute atomic E-state index is 6.10. The molecule has 1 aliphatic rings. The van der Waals surface area contributed by atoms with Crippen LogP contribution in [-0.2, 0) is 4.74 Å². The van der Waals surface area contributed by atoms with Gasteiger partial charge in [0, 0.05) is 34.8 Å². The Morgan fingerprint density at radius 2 is 2.19 bits per heavy atom. The zero-order valence-corrected chi connectivity index (χ0v) is 14.1. The molecular formula is C16H20BrN3O. The molecule has 1 fully saturated rings. The molecule has 1 saturated heterocycles. The van der Waals surface area contributed by atoms with Gasteiger partial charge in [0.25, 0.3) is 0 Å². The van der Waals surface area contributed by atoms with Crippen molar-refractivity contribution in [2.75, 3.05) is 23.7 Å². The second-order valence-electron chi connectivity index (χ2n) is 6.29. The van der Waals surface area contributed by atoms with E-state index in [0.29, 0.717) is 0 Å². The van der Waals surface area contributed by atoms with E-state index in [0.717, 1.165) is 39.8 Å². The van der Waals surface area contributed by atoms with E-state index in [2.05, 4.69) is 52.7 Å². The molecule has 21 heavy (non-hydrogen) atoms. The molecular weight excluding hydrogens is 330 g/mol. The van der Waals surface area contributed by atoms with Crippen LogP contribution in [0.2, 0.25) is 0 Å². The van der Waals surface area contributed by atoms with E-state index in [4.69, 9.17) is 10.5 Å². The second-order valence-corrected chi connectivity index (χ2v) is 7.21. The molecule has 0 bridgehead atoms. The van der Waals surface area contributed by atoms with Gasteiger partial charge < -0.3 is 15.4 Å². The van der Waals surface area contributed by atoms with Gasteiger partial charge in [-0.1, -0.05) is 0 Å². The van der Waals surface area contributed by atoms with Crippen LogP contribution in [0.25, 0.3) is 10.9 Å². The summed E-state index contributed by atoms with van der Waals surface area (Å²) in [5, 5.41) is 0.985. The molecule has 2 aromatic rings. The zero-order valence-electron chi connectivity index (χ0n) is 12.6. The SMILES string of the molecule is CC1CN(c2ccc(N)c3cc(Br)cnc23)CC(C)(C)O1. The lowest BCUT2D eigenvalue weighted by molar-refractivity contribution is -0.0749. The summed E-state index contributed by atoms with van der Waals surface area (Å²) in [5.74, 6) is 0. The van der Waals surface area contributed by atoms with Crippen LogP contribution in [0.3, 0.4) is 0 Å². The average molecular weight is 350 g/mol. The summed E-state index contributed by atoms with van der Waals surface area (Å²) >= 11 is 3.46. The number of rotatable bonds is 1. The molecule has 0 saturated carbocycles. The summed E-state index contributed by atoms with van der Waals surface area (Å²) in [6.07, 6.45) is 2.01. The number of pyridine rings is 1. The van der Waals surface area contributed by atoms with Crippen molar-refractivity contribution in [2.45, 2.75) is 32.5 Å². The fourth-order valence-electron chi connectivity index (χ4n) is 3.09. The number of anilines is 2. The highest BCUT2D eigenvalue weighted by molar-refractivity contribution is 9.10. The standard InChI is InChI=1S/C16H20BrN3O/c1-10-8-20(9-16(2,3)21-10)14-5-4-13(18)12-6-11(17)7-19-15(12)14/h4-7,10H,8-9,18H2,1-3H3. The van der Waals surface area contributed by atoms with Crippen molar-refractivity contribution < 1.29 is 4.74 Å². The molecule has 0 amide bonds. The molecule has 1 aromatic carbocycles. The van der Waals surface area contributed by atoms with Gasteiger partial charge in [-0.25, -0.2) is 0 Å². The monoisotopic (exact) mass is 349 g/mol. The van der Waals surface area contributed by atoms with Crippen molar-refractivity contribution >= 4 is 38.2 Å². The Bertz CT molecular complexity index is 687. The number of nitrogens with two attached hydrogens (primary N) is 1. The number of nitrogens with zero attached hydrogens (tertiary/aromatic N) is 2. The number of fused-ring (bicyclic) bond motifs is 1. The third-order valence-corrected chi connectivity index (χ3v) is 4.17. The van der Waals surface area contributed by atoms with E-state index in [1.54, 1.807) is 0 Å². The van der Waals surface area contributed by atoms with Crippen LogP contribution in [-0.4, -0.2) is 29.8 Å². The lowest BCUT2D eigenvalue weighted by Crippen LogP contribution is -2.52. The Labute approximate surface area is 133 Å². The molecule has 1 aromatic heterocycles. The Morgan fingerprint density at radius 3 is 2.90 bits per heavy atom. The van der Waals surface area contributed by atoms with Gasteiger partial charge in [-0.2, -0.15) is 0 Å². The normalized spacial score (nSPS) is 21.7. The Morgan fingerprint density at radius 1 is 1.43 bits per heavy atom. The number of benzene rings is 1. The van der Waals surface area contributed by atoms with Gasteiger partial charge in [0.2, 0.25) is 0 Å². The third kappa shape index (κ3) is 2.85. The molecule has 2 heterocycles. The first-order chi connectivity index (χ1) is 9.85. The highest BCUT2D eigenvalue weighted by atomic mass is 79.9. The van der Waals surface area contributed by atoms with E-state index in [1.165, 1.54) is 0 Å². The smallest absolute Gasteiger partial charge is 0.0956 e. The fourth-order valence-corrected chi connectivity index (χ4v) is 3.42. The number of morpholine rings is 1. The number of hydrogen-bond donors (Lipinski definition) is 1. The van der Waals surface area contributed by atoms with Gasteiger partial charge in [0.15, 0.2) is 0 Å². The van der Waals surface area contributed by atoms with Crippen molar-refractivity contribution in [2.24, 2.45) is 0 Å². The highest BCUT2D eigenvalue weighted by Crippen LogP contribution is 2.34. The van der Waals surface area contributed by atoms with E-state index < -0.39 is 0 Å². The van der Waals surface area contributed by atoms with Gasteiger partial charge in [-0.15, -0.1) is 0 Å². The molecule has 3 rings (SSSR count). The van der Waals surface area contributed by atoms with Crippen LogP contribution in [0.4, 0.5) is 11.4 Å². The molecule has 0 spiro atoms. The number of halogens is 1. The summed E-state index contributed by atoms with van der Waals surface area (Å²) in [7, 11) is 0. The van der Waals surface area contributed by atoms with E-state index in [1.807, 2.05) is 18.3 Å². The van der Waals surface area contributed by atoms with E-state index in [9.17, 15) is 0 Å². The minimum Gasteiger partial charge on any atom is -0.398 e. The second kappa shape index (κ2) is 5.14. The van der Waals surface area contributed by atoms with Crippen molar-refractivity contribution in [3.05, 3.63) is 28.9 Å². The van der Waals surface area contributed by atoms with Crippen LogP contribution in [0.15, 0.2) is 28.9 Å². The lowest BCUT2D eigenvalue weighted by Gasteiger charge is -2.43. The largest absolute Gasteiger partial charge is 0.398 e. The van der Waals surface area contributed by atoms with Crippen LogP contribution in [0.5, 0.6) is 0 Å². The van der Waals surface area contributed by atoms with Crippen molar-refractivity contribution in [3.8, 4) is 0 Å². The van der Waals surface area contributed by atoms with Gasteiger partial charge >= 0.3 is 0 Å². The molecule has 1 atom stereocenters. The lowest BCUT2D eigenvalue weighted by atomic mass is 10.0. The number of aromatic nitrogens is 1. The maximum atomic E-state index is 6.10. The fraction of sp³-hybridized carbons (Fsp3) is 0.438. The highest BCUT2D eigenvalue weighted by Gasteiger charge is 2.32. The minimum atomic E-state index is -0.166. The molecule has 1 unspecified atom stereocenters. The minimum absolute atomic E-state index is 0.166. The molecule has 4 nitrogen and oxygen atoms in total. The topological polar surface area (TPSA) is 51.4 Å². The Balaban J connectivity index is 2.10. The number of nitrogen functional groups attached to an aromatic ring is 1. The maximum Gasteiger partial charge on any atom is 0.0956 e. The van der Waals surface area contributed by atoms with Gasteiger partial charge in [0.1, 0.15) is 0 Å². The molecule has 0 radical (unpaired) electrons. The summed E-state index contributed by atoms with van der Waals surface area (Å²) in [6, 6.07) is 6.04. The first-order valence-electron chi connectivity index (χ1n) is 7.12. The quantitative estimate of drug-likeness (QED) is 0.799. The predicted octanol–water partition coefficient (Wildman–Crippen LogP) is 3.58. The molecule has 5 heteroatoms. The number of ether oxygens (including phenoxy) is 1. The van der Waals surface area contributed by atoms with Crippen molar-refractivity contribution in [1.29, 1.82) is 0 Å². The van der Waals surface area contributed by atoms with Crippen molar-refractivity contribution in [1.82, 2.24) is 4.98 Å². The van der Waals surface area contributed by atoms with Crippen molar-refractivity contribution in [3.63, 3.8) is 0 Å². The molecule has 112 valence electrons. The average Bonchev–Trinajstić information content (AvgIpc) is 2.37. The Hall–Kier alpha value is -1.33. The summed E-state index contributed by atoms with van der Waals surface area (Å²) in [6.45, 7) is 8.06. The molecule has 1 aliphatic heterocycles. The van der Waals surface area contributed by atoms with Gasteiger partial charge in [-0.3, -0.25) is 4.98 Å². The zero-order chi connectivity index (χ0) is 15.2. The molecule has 0 aliphatic carbocycles. The van der Waals surface area contributed by atoms with E-state index >= 15 is 0 Å². The summed E-state index contributed by atoms with van der Waals surface area (Å²) < 4.78 is 6.93. The van der Waals surface area contributed by atoms with Crippen LogP contribution >= 0.6 is 15.9 Å². The first kappa shape index (κ1) is 14.6. The van der Waals surface area contributed by atoms with Crippen LogP contribution in [0, 0.1) is 0 Å². The van der Waals surface area contributed by atoms with Gasteiger partial charge in [0.05, 0.1) is 22.9 Å². The first-order valence-corrected chi connectivity index (χ1v) is 7.91. The predicted molar refractivity (Wildman–Crippen MR) is 90.7 cm³/mol. The number of hydrogen-bond acceptors (Lipinski definition) is 4. The van der Waals surface area contributed by atoms with E-state index in [-0.39, 0.29) is 11.7 Å². The summed E-state index contributed by atoms with van der Waals surface area (Å²) in [4.78, 5) is 6.92. The van der Waals surface area contributed by atoms with Gasteiger partial charge in [-0.05, 0) is 54.9 Å². The van der Waals surface area contributed by atoms with Crippen LogP contribution < -0.4 is 10.6 Å². The Kier molecular flexibility index (Phi) is 3.58. The third-order valence-electron chi connectivity index (χ3n) is 3.74.